The van der Waals surface area contributed by atoms with E-state index >= 15 is 0 Å². The van der Waals surface area contributed by atoms with Crippen LogP contribution in [0.3, 0.4) is 0 Å². The van der Waals surface area contributed by atoms with Crippen LogP contribution in [-0.2, 0) is 6.42 Å². The van der Waals surface area contributed by atoms with E-state index in [1.54, 1.807) is 0 Å². The van der Waals surface area contributed by atoms with Crippen molar-refractivity contribution in [2.45, 2.75) is 52.1 Å². The predicted octanol–water partition coefficient (Wildman–Crippen LogP) is 3.54. The van der Waals surface area contributed by atoms with Gasteiger partial charge in [-0.25, -0.2) is 0 Å². The molecule has 0 spiro atoms. The van der Waals surface area contributed by atoms with Crippen LogP contribution in [0.15, 0.2) is 18.2 Å². The molecule has 20 heavy (non-hydrogen) atoms. The van der Waals surface area contributed by atoms with Gasteiger partial charge in [-0.3, -0.25) is 0 Å². The second kappa shape index (κ2) is 7.53. The summed E-state index contributed by atoms with van der Waals surface area (Å²) in [5.74, 6) is 2.53. The van der Waals surface area contributed by atoms with Crippen molar-refractivity contribution in [2.24, 2.45) is 11.7 Å². The lowest BCUT2D eigenvalue weighted by molar-refractivity contribution is 0.122. The molecule has 0 amide bonds. The molecule has 0 saturated heterocycles. The Hall–Kier alpha value is -1.22. The molecule has 2 rings (SSSR count). The third-order valence-corrected chi connectivity index (χ3v) is 3.95. The van der Waals surface area contributed by atoms with Gasteiger partial charge in [0.2, 0.25) is 0 Å². The molecular weight excluding hydrogens is 250 g/mol. The highest BCUT2D eigenvalue weighted by molar-refractivity contribution is 5.47. The summed E-state index contributed by atoms with van der Waals surface area (Å²) in [7, 11) is 0. The first kappa shape index (κ1) is 15.2. The quantitative estimate of drug-likeness (QED) is 0.865. The fraction of sp³-hybridized carbons (Fsp3) is 0.647. The van der Waals surface area contributed by atoms with Crippen molar-refractivity contribution < 1.29 is 9.47 Å². The molecule has 3 heteroatoms. The van der Waals surface area contributed by atoms with Crippen molar-refractivity contribution in [2.75, 3.05) is 13.2 Å². The van der Waals surface area contributed by atoms with Crippen LogP contribution in [0.4, 0.5) is 0 Å². The maximum atomic E-state index is 6.31. The number of para-hydroxylation sites is 1. The summed E-state index contributed by atoms with van der Waals surface area (Å²) in [5, 5.41) is 0. The van der Waals surface area contributed by atoms with Gasteiger partial charge in [-0.15, -0.1) is 0 Å². The van der Waals surface area contributed by atoms with Crippen LogP contribution in [0.25, 0.3) is 0 Å². The lowest BCUT2D eigenvalue weighted by Crippen LogP contribution is -2.25. The molecule has 2 N–H and O–H groups in total. The summed E-state index contributed by atoms with van der Waals surface area (Å²) in [6, 6.07) is 6.11. The Morgan fingerprint density at radius 2 is 2.15 bits per heavy atom. The van der Waals surface area contributed by atoms with Gasteiger partial charge in [0.25, 0.3) is 0 Å². The standard InChI is InChI=1S/C17H27NO2/c1-3-19-16-9-5-7-14(10-11-18)17(16)20-15-8-4-6-13(2)12-15/h5,7,9,13,15H,3-4,6,8,10-12,18H2,1-2H3. The van der Waals surface area contributed by atoms with Gasteiger partial charge in [-0.1, -0.05) is 25.5 Å². The van der Waals surface area contributed by atoms with Gasteiger partial charge in [-0.2, -0.15) is 0 Å². The molecule has 2 unspecified atom stereocenters. The molecule has 0 heterocycles. The third kappa shape index (κ3) is 3.89. The van der Waals surface area contributed by atoms with E-state index in [0.29, 0.717) is 19.3 Å². The Bertz CT molecular complexity index is 395. The van der Waals surface area contributed by atoms with Crippen LogP contribution in [0, 0.1) is 5.92 Å². The monoisotopic (exact) mass is 277 g/mol. The zero-order valence-corrected chi connectivity index (χ0v) is 12.7. The average Bonchev–Trinajstić information content (AvgIpc) is 2.43. The van der Waals surface area contributed by atoms with E-state index in [9.17, 15) is 0 Å². The molecule has 2 atom stereocenters. The van der Waals surface area contributed by atoms with Crippen molar-refractivity contribution in [1.82, 2.24) is 0 Å². The van der Waals surface area contributed by atoms with Gasteiger partial charge in [0.05, 0.1) is 12.7 Å². The molecule has 1 aliphatic carbocycles. The van der Waals surface area contributed by atoms with Gasteiger partial charge < -0.3 is 15.2 Å². The van der Waals surface area contributed by atoms with Crippen molar-refractivity contribution in [3.63, 3.8) is 0 Å². The molecule has 112 valence electrons. The summed E-state index contributed by atoms with van der Waals surface area (Å²) in [6.07, 6.45) is 6.02. The highest BCUT2D eigenvalue weighted by Crippen LogP contribution is 2.35. The molecule has 1 aromatic rings. The van der Waals surface area contributed by atoms with Gasteiger partial charge in [0, 0.05) is 0 Å². The Morgan fingerprint density at radius 3 is 2.85 bits per heavy atom. The lowest BCUT2D eigenvalue weighted by atomic mass is 9.88. The van der Waals surface area contributed by atoms with Crippen molar-refractivity contribution in [1.29, 1.82) is 0 Å². The molecule has 0 bridgehead atoms. The van der Waals surface area contributed by atoms with Crippen LogP contribution < -0.4 is 15.2 Å². The second-order valence-corrected chi connectivity index (χ2v) is 5.73. The Morgan fingerprint density at radius 1 is 1.30 bits per heavy atom. The topological polar surface area (TPSA) is 44.5 Å². The lowest BCUT2D eigenvalue weighted by Gasteiger charge is -2.29. The van der Waals surface area contributed by atoms with Gasteiger partial charge in [0.1, 0.15) is 0 Å². The molecule has 1 aliphatic rings. The first-order chi connectivity index (χ1) is 9.74. The van der Waals surface area contributed by atoms with E-state index in [4.69, 9.17) is 15.2 Å². The predicted molar refractivity (Wildman–Crippen MR) is 82.4 cm³/mol. The SMILES string of the molecule is CCOc1cccc(CCN)c1OC1CCCC(C)C1. The fourth-order valence-corrected chi connectivity index (χ4v) is 2.97. The molecule has 1 aromatic carbocycles. The number of hydrogen-bond donors (Lipinski definition) is 1. The normalized spacial score (nSPS) is 22.6. The number of rotatable bonds is 6. The van der Waals surface area contributed by atoms with E-state index in [2.05, 4.69) is 13.0 Å². The van der Waals surface area contributed by atoms with Crippen molar-refractivity contribution in [3.05, 3.63) is 23.8 Å². The number of benzene rings is 1. The zero-order valence-electron chi connectivity index (χ0n) is 12.7. The molecule has 0 radical (unpaired) electrons. The van der Waals surface area contributed by atoms with Gasteiger partial charge >= 0.3 is 0 Å². The highest BCUT2D eigenvalue weighted by atomic mass is 16.5. The summed E-state index contributed by atoms with van der Waals surface area (Å²) < 4.78 is 12.0. The molecule has 1 saturated carbocycles. The molecule has 1 fully saturated rings. The summed E-state index contributed by atoms with van der Waals surface area (Å²) in [5.41, 5.74) is 6.88. The minimum atomic E-state index is 0.317. The number of ether oxygens (including phenoxy) is 2. The van der Waals surface area contributed by atoms with Gasteiger partial charge in [-0.05, 0) is 56.7 Å². The first-order valence-electron chi connectivity index (χ1n) is 7.86. The van der Waals surface area contributed by atoms with Crippen molar-refractivity contribution in [3.8, 4) is 11.5 Å². The van der Waals surface area contributed by atoms with Crippen LogP contribution in [0.1, 0.15) is 45.1 Å². The number of hydrogen-bond acceptors (Lipinski definition) is 3. The van der Waals surface area contributed by atoms with Crippen LogP contribution in [0.5, 0.6) is 11.5 Å². The zero-order chi connectivity index (χ0) is 14.4. The average molecular weight is 277 g/mol. The number of nitrogens with two attached hydrogens (primary N) is 1. The summed E-state index contributed by atoms with van der Waals surface area (Å²) in [4.78, 5) is 0. The van der Waals surface area contributed by atoms with Crippen LogP contribution in [0.2, 0.25) is 0 Å². The smallest absolute Gasteiger partial charge is 0.164 e. The van der Waals surface area contributed by atoms with E-state index in [-0.39, 0.29) is 0 Å². The Kier molecular flexibility index (Phi) is 5.72. The highest BCUT2D eigenvalue weighted by Gasteiger charge is 2.22. The molecule has 0 aromatic heterocycles. The largest absolute Gasteiger partial charge is 0.490 e. The van der Waals surface area contributed by atoms with Crippen LogP contribution >= 0.6 is 0 Å². The fourth-order valence-electron chi connectivity index (χ4n) is 2.97. The molecular formula is C17H27NO2. The third-order valence-electron chi connectivity index (χ3n) is 3.95. The maximum Gasteiger partial charge on any atom is 0.164 e. The maximum absolute atomic E-state index is 6.31. The summed E-state index contributed by atoms with van der Waals surface area (Å²) >= 11 is 0. The minimum absolute atomic E-state index is 0.317. The van der Waals surface area contributed by atoms with E-state index < -0.39 is 0 Å². The first-order valence-corrected chi connectivity index (χ1v) is 7.86. The van der Waals surface area contributed by atoms with E-state index in [0.717, 1.165) is 42.2 Å². The minimum Gasteiger partial charge on any atom is -0.490 e. The van der Waals surface area contributed by atoms with E-state index in [1.807, 2.05) is 19.1 Å². The molecule has 0 aliphatic heterocycles. The van der Waals surface area contributed by atoms with E-state index in [1.165, 1.54) is 12.8 Å². The van der Waals surface area contributed by atoms with Gasteiger partial charge in [0.15, 0.2) is 11.5 Å². The summed E-state index contributed by atoms with van der Waals surface area (Å²) in [6.45, 7) is 5.60. The van der Waals surface area contributed by atoms with Crippen LogP contribution in [-0.4, -0.2) is 19.3 Å². The van der Waals surface area contributed by atoms with Crippen molar-refractivity contribution >= 4 is 0 Å². The Balaban J connectivity index is 2.17. The molecule has 3 nitrogen and oxygen atoms in total. The Labute approximate surface area is 122 Å². The second-order valence-electron chi connectivity index (χ2n) is 5.73.